The molecule has 0 radical (unpaired) electrons. The zero-order chi connectivity index (χ0) is 24.0. The van der Waals surface area contributed by atoms with E-state index in [0.29, 0.717) is 12.3 Å². The average Bonchev–Trinajstić information content (AvgIpc) is 3.17. The van der Waals surface area contributed by atoms with Crippen LogP contribution in [0.4, 0.5) is 5.69 Å². The first-order chi connectivity index (χ1) is 16.4. The Kier molecular flexibility index (Phi) is 8.05. The molecule has 2 aliphatic rings. The van der Waals surface area contributed by atoms with Crippen LogP contribution in [-0.2, 0) is 4.79 Å². The highest BCUT2D eigenvalue weighted by atomic mass is 35.5. The van der Waals surface area contributed by atoms with Gasteiger partial charge in [0.05, 0.1) is 0 Å². The van der Waals surface area contributed by atoms with E-state index in [2.05, 4.69) is 21.0 Å². The molecule has 9 heteroatoms. The topological polar surface area (TPSA) is 71.4 Å². The molecular weight excluding hydrogens is 454 g/mol. The first-order valence-electron chi connectivity index (χ1n) is 11.8. The normalized spacial score (nSPS) is 21.0. The number of anilines is 1. The van der Waals surface area contributed by atoms with E-state index in [1.165, 1.54) is 6.92 Å². The number of piperazine rings is 1. The van der Waals surface area contributed by atoms with Gasteiger partial charge >= 0.3 is 0 Å². The van der Waals surface area contributed by atoms with Gasteiger partial charge in [-0.25, -0.2) is 5.01 Å². The number of rotatable bonds is 10. The smallest absolute Gasteiger partial charge is 0.289 e. The predicted molar refractivity (Wildman–Crippen MR) is 135 cm³/mol. The number of benzene rings is 2. The summed E-state index contributed by atoms with van der Waals surface area (Å²) in [5, 5.41) is 20.3. The van der Waals surface area contributed by atoms with Crippen molar-refractivity contribution in [1.82, 2.24) is 9.91 Å². The van der Waals surface area contributed by atoms with Gasteiger partial charge in [-0.05, 0) is 36.8 Å². The maximum atomic E-state index is 13.4. The van der Waals surface area contributed by atoms with Crippen molar-refractivity contribution in [2.24, 2.45) is 5.10 Å². The van der Waals surface area contributed by atoms with Crippen molar-refractivity contribution in [3.63, 3.8) is 0 Å². The number of Topliss-reactive ketones (excluding diaryl/α,β-unsaturated/α-hetero) is 1. The number of hydrogen-bond acceptors (Lipinski definition) is 7. The summed E-state index contributed by atoms with van der Waals surface area (Å²) >= 11 is 6.13. The molecule has 0 N–H and O–H groups in total. The van der Waals surface area contributed by atoms with E-state index in [-0.39, 0.29) is 31.4 Å². The Bertz CT molecular complexity index is 997. The Morgan fingerprint density at radius 1 is 1.09 bits per heavy atom. The van der Waals surface area contributed by atoms with Crippen LogP contribution in [0.2, 0.25) is 5.02 Å². The van der Waals surface area contributed by atoms with Crippen LogP contribution in [0.5, 0.6) is 5.75 Å². The lowest BCUT2D eigenvalue weighted by atomic mass is 10.2. The quantitative estimate of drug-likeness (QED) is 0.379. The summed E-state index contributed by atoms with van der Waals surface area (Å²) in [5.41, 5.74) is 1.16. The second-order valence-corrected chi connectivity index (χ2v) is 9.22. The number of hydrazone groups is 1. The lowest BCUT2D eigenvalue weighted by molar-refractivity contribution is -0.791. The zero-order valence-corrected chi connectivity index (χ0v) is 20.4. The molecule has 8 nitrogen and oxygen atoms in total. The van der Waals surface area contributed by atoms with Crippen LogP contribution in [0.1, 0.15) is 13.3 Å². The van der Waals surface area contributed by atoms with E-state index in [9.17, 15) is 10.0 Å². The molecule has 1 fully saturated rings. The highest BCUT2D eigenvalue weighted by Gasteiger charge is 2.37. The minimum absolute atomic E-state index is 0.0618. The molecule has 2 aromatic rings. The second-order valence-electron chi connectivity index (χ2n) is 8.79. The number of ether oxygens (including phenoxy) is 1. The van der Waals surface area contributed by atoms with Crippen molar-refractivity contribution in [2.45, 2.75) is 13.3 Å². The van der Waals surface area contributed by atoms with Gasteiger partial charge in [0.2, 0.25) is 5.78 Å². The van der Waals surface area contributed by atoms with E-state index in [4.69, 9.17) is 16.3 Å². The molecule has 34 heavy (non-hydrogen) atoms. The summed E-state index contributed by atoms with van der Waals surface area (Å²) in [6, 6.07) is 17.4. The number of carbonyl (C=O) groups excluding carboxylic acids is 1. The number of ketones is 1. The standard InChI is InChI=1S/C25H32ClN5O3/c1-21(32)25-27-30(20-31(25,33)17-18-34-24-9-3-2-4-10-24)12-6-11-28-13-15-29(16-14-28)23-8-5-7-22(26)19-23/h2-5,7-10,19H,6,11-18,20H2,1H3. The summed E-state index contributed by atoms with van der Waals surface area (Å²) in [6.07, 6.45) is 0.881. The zero-order valence-electron chi connectivity index (χ0n) is 19.6. The maximum Gasteiger partial charge on any atom is 0.289 e. The van der Waals surface area contributed by atoms with Gasteiger partial charge in [0.15, 0.2) is 6.67 Å². The van der Waals surface area contributed by atoms with Crippen molar-refractivity contribution in [2.75, 3.05) is 64.0 Å². The molecule has 1 unspecified atom stereocenters. The number of quaternary nitrogens is 1. The number of amidine groups is 1. The van der Waals surface area contributed by atoms with Crippen LogP contribution < -0.4 is 9.64 Å². The lowest BCUT2D eigenvalue weighted by Crippen LogP contribution is -2.51. The maximum absolute atomic E-state index is 13.4. The molecule has 4 rings (SSSR count). The van der Waals surface area contributed by atoms with Gasteiger partial charge in [-0.3, -0.25) is 14.3 Å². The minimum atomic E-state index is -0.763. The van der Waals surface area contributed by atoms with Crippen molar-refractivity contribution in [1.29, 1.82) is 0 Å². The van der Waals surface area contributed by atoms with Gasteiger partial charge in [0, 0.05) is 56.9 Å². The Hall–Kier alpha value is -2.65. The number of nitrogens with zero attached hydrogens (tertiary/aromatic N) is 5. The summed E-state index contributed by atoms with van der Waals surface area (Å²) in [4.78, 5) is 16.9. The van der Waals surface area contributed by atoms with Crippen molar-refractivity contribution < 1.29 is 14.2 Å². The number of halogens is 1. The summed E-state index contributed by atoms with van der Waals surface area (Å²) < 4.78 is 4.92. The summed E-state index contributed by atoms with van der Waals surface area (Å²) in [7, 11) is 0. The van der Waals surface area contributed by atoms with E-state index < -0.39 is 4.65 Å². The van der Waals surface area contributed by atoms with Gasteiger partial charge in [-0.2, -0.15) is 0 Å². The van der Waals surface area contributed by atoms with Crippen LogP contribution in [0, 0.1) is 5.21 Å². The highest BCUT2D eigenvalue weighted by molar-refractivity contribution is 6.35. The second kappa shape index (κ2) is 11.2. The van der Waals surface area contributed by atoms with Crippen LogP contribution in [-0.4, -0.2) is 85.3 Å². The van der Waals surface area contributed by atoms with E-state index in [1.807, 2.05) is 48.5 Å². The Morgan fingerprint density at radius 2 is 1.85 bits per heavy atom. The van der Waals surface area contributed by atoms with Gasteiger partial charge < -0.3 is 14.8 Å². The number of hydrogen-bond donors (Lipinski definition) is 0. The molecule has 0 bridgehead atoms. The molecule has 2 aromatic carbocycles. The van der Waals surface area contributed by atoms with Gasteiger partial charge in [0.25, 0.3) is 5.84 Å². The monoisotopic (exact) mass is 485 g/mol. The van der Waals surface area contributed by atoms with E-state index >= 15 is 0 Å². The third-order valence-corrected chi connectivity index (χ3v) is 6.46. The Morgan fingerprint density at radius 3 is 2.56 bits per heavy atom. The Labute approximate surface area is 206 Å². The molecule has 1 saturated heterocycles. The Balaban J connectivity index is 1.21. The molecule has 0 amide bonds. The van der Waals surface area contributed by atoms with Gasteiger partial charge in [0.1, 0.15) is 18.9 Å². The largest absolute Gasteiger partial charge is 0.625 e. The summed E-state index contributed by atoms with van der Waals surface area (Å²) in [6.45, 7) is 7.38. The molecule has 0 aliphatic carbocycles. The van der Waals surface area contributed by atoms with E-state index in [1.54, 1.807) is 5.01 Å². The number of para-hydroxylation sites is 1. The van der Waals surface area contributed by atoms with Crippen molar-refractivity contribution in [3.8, 4) is 5.75 Å². The average molecular weight is 486 g/mol. The molecule has 182 valence electrons. The van der Waals surface area contributed by atoms with Crippen LogP contribution in [0.3, 0.4) is 0 Å². The molecule has 2 heterocycles. The molecule has 0 saturated carbocycles. The first kappa shape index (κ1) is 24.5. The highest BCUT2D eigenvalue weighted by Crippen LogP contribution is 2.22. The van der Waals surface area contributed by atoms with Crippen molar-refractivity contribution >= 4 is 28.9 Å². The fourth-order valence-corrected chi connectivity index (χ4v) is 4.62. The number of hydroxylamine groups is 3. The third kappa shape index (κ3) is 6.27. The first-order valence-corrected chi connectivity index (χ1v) is 12.1. The van der Waals surface area contributed by atoms with Gasteiger partial charge in [-0.1, -0.05) is 35.9 Å². The van der Waals surface area contributed by atoms with E-state index in [0.717, 1.165) is 49.9 Å². The fourth-order valence-electron chi connectivity index (χ4n) is 4.44. The van der Waals surface area contributed by atoms with Crippen LogP contribution >= 0.6 is 11.6 Å². The molecule has 0 spiro atoms. The fraction of sp³-hybridized carbons (Fsp3) is 0.440. The molecule has 0 aromatic heterocycles. The van der Waals surface area contributed by atoms with Crippen LogP contribution in [0.25, 0.3) is 0 Å². The third-order valence-electron chi connectivity index (χ3n) is 6.23. The SMILES string of the molecule is CC(=O)C1=NN(CCCN2CCN(c3cccc(Cl)c3)CC2)C[N+]1([O-])CCOc1ccccc1. The minimum Gasteiger partial charge on any atom is -0.625 e. The molecule has 1 atom stereocenters. The van der Waals surface area contributed by atoms with Gasteiger partial charge in [-0.15, -0.1) is 5.10 Å². The predicted octanol–water partition coefficient (Wildman–Crippen LogP) is 3.42. The lowest BCUT2D eigenvalue weighted by Gasteiger charge is -2.37. The summed E-state index contributed by atoms with van der Waals surface area (Å²) in [5.74, 6) is 0.489. The number of carbonyl (C=O) groups is 1. The van der Waals surface area contributed by atoms with Crippen molar-refractivity contribution in [3.05, 3.63) is 64.8 Å². The molecular formula is C25H32ClN5O3. The van der Waals surface area contributed by atoms with Crippen LogP contribution in [0.15, 0.2) is 59.7 Å². The molecule has 2 aliphatic heterocycles.